The second kappa shape index (κ2) is 8.94. The fraction of sp³-hybridized carbons (Fsp3) is 0.150. The molecule has 1 atom stereocenters. The van der Waals surface area contributed by atoms with Gasteiger partial charge in [0.1, 0.15) is 11.4 Å². The first kappa shape index (κ1) is 24.4. The molecule has 0 bridgehead atoms. The summed E-state index contributed by atoms with van der Waals surface area (Å²) in [5, 5.41) is 8.79. The van der Waals surface area contributed by atoms with E-state index >= 15 is 0 Å². The molecule has 2 aromatic carbocycles. The molecule has 0 saturated carbocycles. The molecular formula is C20H15ClF4N4O3S. The maximum Gasteiger partial charge on any atom is 0.435 e. The van der Waals surface area contributed by atoms with Crippen molar-refractivity contribution in [3.63, 3.8) is 0 Å². The van der Waals surface area contributed by atoms with Crippen LogP contribution in [-0.2, 0) is 15.9 Å². The van der Waals surface area contributed by atoms with E-state index in [4.69, 9.17) is 21.1 Å². The highest BCUT2D eigenvalue weighted by Crippen LogP contribution is 2.36. The summed E-state index contributed by atoms with van der Waals surface area (Å²) < 4.78 is 78.7. The van der Waals surface area contributed by atoms with Crippen molar-refractivity contribution in [3.8, 4) is 11.6 Å². The average Bonchev–Trinajstić information content (AvgIpc) is 2.69. The third-order valence-corrected chi connectivity index (χ3v) is 5.79. The Morgan fingerprint density at radius 2 is 1.88 bits per heavy atom. The molecule has 7 nitrogen and oxygen atoms in total. The van der Waals surface area contributed by atoms with Crippen LogP contribution >= 0.6 is 11.6 Å². The SMILES string of the molecule is Cc1c(C(F)(F)F)nnc(Oc2cc(F)ccc2Cl)c1C(=O)Nc1cccc(S(C)(=N)=O)c1. The summed E-state index contributed by atoms with van der Waals surface area (Å²) in [5.74, 6) is -2.73. The number of anilines is 1. The minimum atomic E-state index is -4.92. The van der Waals surface area contributed by atoms with E-state index in [1.165, 1.54) is 30.5 Å². The van der Waals surface area contributed by atoms with Gasteiger partial charge in [0, 0.05) is 22.9 Å². The molecule has 13 heteroatoms. The monoisotopic (exact) mass is 502 g/mol. The topological polar surface area (TPSA) is 105 Å². The molecule has 0 spiro atoms. The van der Waals surface area contributed by atoms with Crippen molar-refractivity contribution in [1.29, 1.82) is 4.78 Å². The molecule has 0 fully saturated rings. The first-order chi connectivity index (χ1) is 15.3. The number of nitrogens with one attached hydrogen (secondary N) is 2. The zero-order valence-corrected chi connectivity index (χ0v) is 18.5. The highest BCUT2D eigenvalue weighted by atomic mass is 35.5. The van der Waals surface area contributed by atoms with Gasteiger partial charge in [-0.2, -0.15) is 13.2 Å². The Hall–Kier alpha value is -3.25. The summed E-state index contributed by atoms with van der Waals surface area (Å²) in [7, 11) is -3.11. The van der Waals surface area contributed by atoms with Crippen LogP contribution < -0.4 is 10.1 Å². The number of hydrogen-bond acceptors (Lipinski definition) is 6. The van der Waals surface area contributed by atoms with Gasteiger partial charge in [-0.05, 0) is 42.8 Å². The van der Waals surface area contributed by atoms with E-state index in [9.17, 15) is 26.6 Å². The molecule has 0 aliphatic heterocycles. The maximum absolute atomic E-state index is 13.6. The molecule has 0 radical (unpaired) electrons. The van der Waals surface area contributed by atoms with Gasteiger partial charge in [-0.15, -0.1) is 10.2 Å². The zero-order valence-electron chi connectivity index (χ0n) is 17.0. The number of amides is 1. The van der Waals surface area contributed by atoms with Crippen LogP contribution in [0.5, 0.6) is 11.6 Å². The lowest BCUT2D eigenvalue weighted by molar-refractivity contribution is -0.142. The molecule has 33 heavy (non-hydrogen) atoms. The predicted molar refractivity (Wildman–Crippen MR) is 113 cm³/mol. The van der Waals surface area contributed by atoms with E-state index < -0.39 is 50.3 Å². The third kappa shape index (κ3) is 5.57. The number of carbonyl (C=O) groups excluding carboxylic acids is 1. The van der Waals surface area contributed by atoms with Crippen LogP contribution in [0.2, 0.25) is 5.02 Å². The number of hydrogen-bond donors (Lipinski definition) is 2. The van der Waals surface area contributed by atoms with Crippen molar-refractivity contribution in [1.82, 2.24) is 10.2 Å². The molecule has 1 aromatic heterocycles. The van der Waals surface area contributed by atoms with Crippen LogP contribution in [-0.4, -0.2) is 26.6 Å². The van der Waals surface area contributed by atoms with Crippen LogP contribution in [0.4, 0.5) is 23.2 Å². The fourth-order valence-corrected chi connectivity index (χ4v) is 3.62. The Balaban J connectivity index is 2.09. The third-order valence-electron chi connectivity index (χ3n) is 4.32. The Kier molecular flexibility index (Phi) is 6.61. The van der Waals surface area contributed by atoms with Crippen LogP contribution in [0.25, 0.3) is 0 Å². The van der Waals surface area contributed by atoms with Gasteiger partial charge in [0.25, 0.3) is 11.8 Å². The van der Waals surface area contributed by atoms with Crippen LogP contribution in [0.3, 0.4) is 0 Å². The quantitative estimate of drug-likeness (QED) is 0.437. The van der Waals surface area contributed by atoms with Gasteiger partial charge in [0.15, 0.2) is 11.4 Å². The zero-order chi connectivity index (χ0) is 24.6. The highest BCUT2D eigenvalue weighted by Gasteiger charge is 2.38. The van der Waals surface area contributed by atoms with Crippen LogP contribution in [0.1, 0.15) is 21.6 Å². The fourth-order valence-electron chi connectivity index (χ4n) is 2.78. The lowest BCUT2D eigenvalue weighted by atomic mass is 10.1. The average molecular weight is 503 g/mol. The molecule has 1 unspecified atom stereocenters. The first-order valence-electron chi connectivity index (χ1n) is 9.00. The lowest BCUT2D eigenvalue weighted by Crippen LogP contribution is -2.21. The van der Waals surface area contributed by atoms with E-state index in [1.54, 1.807) is 0 Å². The first-order valence-corrected chi connectivity index (χ1v) is 11.3. The minimum absolute atomic E-state index is 0.0684. The molecule has 3 rings (SSSR count). The van der Waals surface area contributed by atoms with Crippen molar-refractivity contribution in [2.45, 2.75) is 18.0 Å². The van der Waals surface area contributed by atoms with Crippen molar-refractivity contribution in [2.75, 3.05) is 11.6 Å². The Morgan fingerprint density at radius 1 is 1.18 bits per heavy atom. The molecule has 1 amide bonds. The van der Waals surface area contributed by atoms with Gasteiger partial charge in [-0.3, -0.25) is 4.79 Å². The van der Waals surface area contributed by atoms with Crippen molar-refractivity contribution < 1.29 is 31.3 Å². The van der Waals surface area contributed by atoms with Crippen LogP contribution in [0, 0.1) is 17.5 Å². The normalized spacial score (nSPS) is 13.3. The summed E-state index contributed by atoms with van der Waals surface area (Å²) in [6.45, 7) is 1.01. The van der Waals surface area contributed by atoms with Gasteiger partial charge in [0.05, 0.1) is 14.8 Å². The highest BCUT2D eigenvalue weighted by molar-refractivity contribution is 7.91. The molecule has 0 aliphatic carbocycles. The van der Waals surface area contributed by atoms with Gasteiger partial charge in [-0.1, -0.05) is 17.7 Å². The molecule has 3 aromatic rings. The summed E-state index contributed by atoms with van der Waals surface area (Å²) in [5.41, 5.74) is -2.56. The van der Waals surface area contributed by atoms with E-state index in [0.717, 1.165) is 25.1 Å². The summed E-state index contributed by atoms with van der Waals surface area (Å²) in [6.07, 6.45) is -3.74. The number of carbonyl (C=O) groups is 1. The van der Waals surface area contributed by atoms with Crippen LogP contribution in [0.15, 0.2) is 47.4 Å². The molecule has 0 saturated heterocycles. The Bertz CT molecular complexity index is 1350. The van der Waals surface area contributed by atoms with Crippen molar-refractivity contribution >= 4 is 32.9 Å². The number of ether oxygens (including phenoxy) is 1. The Labute approximate surface area is 190 Å². The molecule has 2 N–H and O–H groups in total. The van der Waals surface area contributed by atoms with Crippen molar-refractivity contribution in [2.24, 2.45) is 0 Å². The van der Waals surface area contributed by atoms with E-state index in [0.29, 0.717) is 0 Å². The lowest BCUT2D eigenvalue weighted by Gasteiger charge is -2.16. The number of nitrogens with zero attached hydrogens (tertiary/aromatic N) is 2. The minimum Gasteiger partial charge on any atom is -0.435 e. The van der Waals surface area contributed by atoms with Gasteiger partial charge in [-0.25, -0.2) is 13.4 Å². The number of alkyl halides is 3. The Morgan fingerprint density at radius 3 is 2.52 bits per heavy atom. The predicted octanol–water partition coefficient (Wildman–Crippen LogP) is 5.68. The molecule has 174 valence electrons. The summed E-state index contributed by atoms with van der Waals surface area (Å²) in [6, 6.07) is 8.55. The maximum atomic E-state index is 13.6. The second-order valence-corrected chi connectivity index (χ2v) is 9.42. The van der Waals surface area contributed by atoms with E-state index in [2.05, 4.69) is 15.5 Å². The summed E-state index contributed by atoms with van der Waals surface area (Å²) >= 11 is 5.95. The van der Waals surface area contributed by atoms with Gasteiger partial charge in [0.2, 0.25) is 0 Å². The van der Waals surface area contributed by atoms with E-state index in [-0.39, 0.29) is 21.4 Å². The second-order valence-electron chi connectivity index (χ2n) is 6.85. The van der Waals surface area contributed by atoms with E-state index in [1.807, 2.05) is 0 Å². The molecular weight excluding hydrogens is 488 g/mol. The largest absolute Gasteiger partial charge is 0.435 e. The number of rotatable bonds is 5. The summed E-state index contributed by atoms with van der Waals surface area (Å²) in [4.78, 5) is 13.1. The number of halogens is 5. The molecule has 1 heterocycles. The number of benzene rings is 2. The smallest absolute Gasteiger partial charge is 0.435 e. The van der Waals surface area contributed by atoms with Gasteiger partial charge >= 0.3 is 6.18 Å². The standard InChI is InChI=1S/C20H15ClF4N4O3S/c1-10-16(18(30)27-12-4-3-5-13(9-12)33(2,26)31)19(29-28-17(10)20(23,24)25)32-15-8-11(22)6-7-14(15)21/h3-9,26H,1-2H3,(H,27,30). The molecule has 0 aliphatic rings. The number of aromatic nitrogens is 2. The van der Waals surface area contributed by atoms with Gasteiger partial charge < -0.3 is 10.1 Å². The van der Waals surface area contributed by atoms with Crippen molar-refractivity contribution in [3.05, 3.63) is 70.1 Å².